The predicted octanol–water partition coefficient (Wildman–Crippen LogP) is 3.27. The van der Waals surface area contributed by atoms with E-state index in [0.717, 1.165) is 0 Å². The summed E-state index contributed by atoms with van der Waals surface area (Å²) in [5.41, 5.74) is 0. The third-order valence-corrected chi connectivity index (χ3v) is 6.09. The Hall–Kier alpha value is -0.0231. The van der Waals surface area contributed by atoms with Crippen LogP contribution in [0.3, 0.4) is 0 Å². The highest BCUT2D eigenvalue weighted by atomic mass is 28.4. The fourth-order valence-corrected chi connectivity index (χ4v) is 4.49. The molecule has 24 heavy (non-hydrogen) atoms. The van der Waals surface area contributed by atoms with E-state index in [1.165, 1.54) is 0 Å². The summed E-state index contributed by atoms with van der Waals surface area (Å²) in [4.78, 5) is 0. The Bertz CT molecular complexity index is 251. The van der Waals surface area contributed by atoms with Crippen LogP contribution in [0.15, 0.2) is 0 Å². The van der Waals surface area contributed by atoms with Crippen LogP contribution in [0, 0.1) is 0 Å². The van der Waals surface area contributed by atoms with E-state index in [1.54, 1.807) is 0 Å². The first-order valence-corrected chi connectivity index (χ1v) is 11.1. The van der Waals surface area contributed by atoms with Gasteiger partial charge in [0.05, 0.1) is 38.1 Å². The monoisotopic (exact) mass is 366 g/mol. The highest BCUT2D eigenvalue weighted by molar-refractivity contribution is 6.60. The zero-order valence-corrected chi connectivity index (χ0v) is 17.6. The molecule has 0 rings (SSSR count). The van der Waals surface area contributed by atoms with Gasteiger partial charge in [-0.15, -0.1) is 0 Å². The zero-order valence-electron chi connectivity index (χ0n) is 16.6. The van der Waals surface area contributed by atoms with Gasteiger partial charge in [-0.1, -0.05) is 6.92 Å². The third kappa shape index (κ3) is 10.8. The Morgan fingerprint density at radius 1 is 0.583 bits per heavy atom. The smallest absolute Gasteiger partial charge is 0.376 e. The van der Waals surface area contributed by atoms with Crippen molar-refractivity contribution in [1.29, 1.82) is 0 Å². The average Bonchev–Trinajstić information content (AvgIpc) is 2.55. The minimum absolute atomic E-state index is 0.00857. The molecule has 0 aromatic heterocycles. The van der Waals surface area contributed by atoms with Crippen molar-refractivity contribution in [2.24, 2.45) is 0 Å². The van der Waals surface area contributed by atoms with Crippen molar-refractivity contribution in [3.05, 3.63) is 0 Å². The zero-order chi connectivity index (χ0) is 18.4. The molecule has 6 nitrogen and oxygen atoms in total. The molecule has 3 unspecified atom stereocenters. The highest BCUT2D eigenvalue weighted by Crippen LogP contribution is 2.18. The molecule has 0 N–H and O–H groups in total. The lowest BCUT2D eigenvalue weighted by atomic mass is 10.4. The largest absolute Gasteiger partial charge is 0.500 e. The van der Waals surface area contributed by atoms with E-state index < -0.39 is 8.80 Å². The van der Waals surface area contributed by atoms with E-state index in [-0.39, 0.29) is 18.3 Å². The van der Waals surface area contributed by atoms with Crippen LogP contribution in [0.2, 0.25) is 6.04 Å². The van der Waals surface area contributed by atoms with E-state index in [1.807, 2.05) is 48.5 Å². The molecule has 146 valence electrons. The lowest BCUT2D eigenvalue weighted by molar-refractivity contribution is -0.0403. The van der Waals surface area contributed by atoms with Crippen molar-refractivity contribution >= 4 is 8.80 Å². The molecule has 0 saturated heterocycles. The van der Waals surface area contributed by atoms with Crippen LogP contribution in [0.5, 0.6) is 0 Å². The van der Waals surface area contributed by atoms with E-state index in [0.29, 0.717) is 45.7 Å². The molecular weight excluding hydrogens is 328 g/mol. The topological polar surface area (TPSA) is 55.4 Å². The van der Waals surface area contributed by atoms with Crippen molar-refractivity contribution in [3.63, 3.8) is 0 Å². The summed E-state index contributed by atoms with van der Waals surface area (Å²) in [6, 6.07) is 0.698. The summed E-state index contributed by atoms with van der Waals surface area (Å²) in [7, 11) is -2.78. The molecule has 0 aliphatic heterocycles. The van der Waals surface area contributed by atoms with Crippen LogP contribution in [0.1, 0.15) is 48.5 Å². The molecule has 0 heterocycles. The van der Waals surface area contributed by atoms with Gasteiger partial charge in [-0.05, 0) is 41.5 Å². The summed E-state index contributed by atoms with van der Waals surface area (Å²) in [6.45, 7) is 17.3. The maximum absolute atomic E-state index is 6.11. The molecule has 0 bridgehead atoms. The van der Waals surface area contributed by atoms with Crippen LogP contribution in [-0.4, -0.2) is 66.8 Å². The van der Waals surface area contributed by atoms with Crippen molar-refractivity contribution in [2.45, 2.75) is 72.8 Å². The minimum Gasteiger partial charge on any atom is -0.376 e. The first-order chi connectivity index (χ1) is 11.4. The predicted molar refractivity (Wildman–Crippen MR) is 97.4 cm³/mol. The van der Waals surface area contributed by atoms with E-state index in [9.17, 15) is 0 Å². The summed E-state index contributed by atoms with van der Waals surface area (Å²) < 4.78 is 35.0. The molecular formula is C17H38O6Si. The second-order valence-electron chi connectivity index (χ2n) is 5.77. The standard InChI is InChI=1S/C17H38O6Si/c1-8-18-15(5)12-21-24(11-4,22-13-16(6)19-9-2)23-14-17(7)20-10-3/h15-17H,8-14H2,1-7H3. The van der Waals surface area contributed by atoms with Crippen LogP contribution in [0.25, 0.3) is 0 Å². The van der Waals surface area contributed by atoms with E-state index >= 15 is 0 Å². The molecule has 0 aliphatic rings. The Labute approximate surface area is 149 Å². The lowest BCUT2D eigenvalue weighted by Gasteiger charge is -2.31. The Kier molecular flexibility index (Phi) is 14.2. The lowest BCUT2D eigenvalue weighted by Crippen LogP contribution is -2.49. The van der Waals surface area contributed by atoms with Gasteiger partial charge in [0.15, 0.2) is 0 Å². The molecule has 0 aromatic rings. The fourth-order valence-electron chi connectivity index (χ4n) is 2.16. The molecule has 7 heteroatoms. The van der Waals surface area contributed by atoms with Crippen LogP contribution in [0.4, 0.5) is 0 Å². The molecule has 0 fully saturated rings. The Morgan fingerprint density at radius 3 is 1.08 bits per heavy atom. The minimum atomic E-state index is -2.78. The van der Waals surface area contributed by atoms with Crippen molar-refractivity contribution < 1.29 is 27.5 Å². The van der Waals surface area contributed by atoms with Gasteiger partial charge in [0.1, 0.15) is 0 Å². The van der Waals surface area contributed by atoms with Crippen molar-refractivity contribution in [2.75, 3.05) is 39.6 Å². The van der Waals surface area contributed by atoms with Crippen LogP contribution in [-0.2, 0) is 27.5 Å². The summed E-state index contributed by atoms with van der Waals surface area (Å²) >= 11 is 0. The molecule has 0 amide bonds. The second kappa shape index (κ2) is 14.2. The average molecular weight is 367 g/mol. The van der Waals surface area contributed by atoms with Crippen LogP contribution < -0.4 is 0 Å². The Balaban J connectivity index is 4.72. The second-order valence-corrected chi connectivity index (χ2v) is 8.71. The normalized spacial score (nSPS) is 18.1. The van der Waals surface area contributed by atoms with Gasteiger partial charge < -0.3 is 27.5 Å². The van der Waals surface area contributed by atoms with Gasteiger partial charge >= 0.3 is 8.80 Å². The number of rotatable bonds is 16. The summed E-state index contributed by atoms with van der Waals surface area (Å²) in [5.74, 6) is 0. The Morgan fingerprint density at radius 2 is 0.875 bits per heavy atom. The highest BCUT2D eigenvalue weighted by Gasteiger charge is 2.40. The van der Waals surface area contributed by atoms with Crippen molar-refractivity contribution in [3.8, 4) is 0 Å². The maximum Gasteiger partial charge on any atom is 0.500 e. The number of hydrogen-bond donors (Lipinski definition) is 0. The van der Waals surface area contributed by atoms with Crippen molar-refractivity contribution in [1.82, 2.24) is 0 Å². The molecule has 0 radical (unpaired) electrons. The first-order valence-electron chi connectivity index (χ1n) is 9.19. The SMILES string of the molecule is CCOC(C)CO[Si](CC)(OCC(C)OCC)OCC(C)OCC. The van der Waals surface area contributed by atoms with E-state index in [2.05, 4.69) is 0 Å². The third-order valence-electron chi connectivity index (χ3n) is 3.40. The molecule has 3 atom stereocenters. The van der Waals surface area contributed by atoms with Gasteiger partial charge in [0.25, 0.3) is 0 Å². The quantitative estimate of drug-likeness (QED) is 0.391. The first kappa shape index (κ1) is 24.0. The molecule has 0 saturated carbocycles. The molecule has 0 aromatic carbocycles. The van der Waals surface area contributed by atoms with Gasteiger partial charge in [-0.25, -0.2) is 0 Å². The maximum atomic E-state index is 6.11. The molecule has 0 spiro atoms. The van der Waals surface area contributed by atoms with Crippen LogP contribution >= 0.6 is 0 Å². The summed E-state index contributed by atoms with van der Waals surface area (Å²) in [5, 5.41) is 0. The van der Waals surface area contributed by atoms with Gasteiger partial charge in [0.2, 0.25) is 0 Å². The van der Waals surface area contributed by atoms with Gasteiger partial charge in [0, 0.05) is 25.9 Å². The fraction of sp³-hybridized carbons (Fsp3) is 1.00. The number of ether oxygens (including phenoxy) is 3. The van der Waals surface area contributed by atoms with Gasteiger partial charge in [-0.2, -0.15) is 0 Å². The number of hydrogen-bond acceptors (Lipinski definition) is 6. The van der Waals surface area contributed by atoms with Gasteiger partial charge in [-0.3, -0.25) is 0 Å². The summed E-state index contributed by atoms with van der Waals surface area (Å²) in [6.07, 6.45) is 0.0257. The van der Waals surface area contributed by atoms with E-state index in [4.69, 9.17) is 27.5 Å². The molecule has 0 aliphatic carbocycles.